The molecule has 0 fully saturated rings. The van der Waals surface area contributed by atoms with Gasteiger partial charge >= 0.3 is 18.0 Å². The van der Waals surface area contributed by atoms with E-state index in [9.17, 15) is 14.4 Å². The second-order valence-corrected chi connectivity index (χ2v) is 14.3. The Balaban J connectivity index is 4.20. The fraction of sp³-hybridized carbons (Fsp3) is 0.841. The number of likely N-dealkylation sites (N-methyl/N-ethyl adjacent to an activating group) is 1. The van der Waals surface area contributed by atoms with Crippen molar-refractivity contribution in [1.29, 1.82) is 0 Å². The van der Waals surface area contributed by atoms with Crippen molar-refractivity contribution in [1.82, 2.24) is 10.6 Å². The van der Waals surface area contributed by atoms with Gasteiger partial charge in [0.15, 0.2) is 6.10 Å². The Morgan fingerprint density at radius 2 is 0.885 bits per heavy atom. The van der Waals surface area contributed by atoms with Crippen molar-refractivity contribution >= 4 is 18.0 Å². The number of nitrogens with one attached hydrogen (secondary N) is 2. The van der Waals surface area contributed by atoms with E-state index >= 15 is 0 Å². The maximum atomic E-state index is 12.6. The summed E-state index contributed by atoms with van der Waals surface area (Å²) < 4.78 is 16.3. The van der Waals surface area contributed by atoms with Gasteiger partial charge in [0, 0.05) is 25.9 Å². The van der Waals surface area contributed by atoms with Crippen molar-refractivity contribution in [2.24, 2.45) is 0 Å². The Labute approximate surface area is 320 Å². The molecule has 8 heteroatoms. The van der Waals surface area contributed by atoms with Gasteiger partial charge in [0.05, 0.1) is 0 Å². The zero-order chi connectivity index (χ0) is 38.0. The van der Waals surface area contributed by atoms with Crippen molar-refractivity contribution in [3.63, 3.8) is 0 Å². The Morgan fingerprint density at radius 1 is 0.481 bits per heavy atom. The molecular weight excluding hydrogens is 652 g/mol. The number of carbonyl (C=O) groups is 3. The number of hydrogen-bond acceptors (Lipinski definition) is 7. The molecule has 0 saturated heterocycles. The van der Waals surface area contributed by atoms with Crippen LogP contribution in [0.3, 0.4) is 0 Å². The summed E-state index contributed by atoms with van der Waals surface area (Å²) in [4.78, 5) is 37.2. The van der Waals surface area contributed by atoms with Gasteiger partial charge in [0.2, 0.25) is 0 Å². The van der Waals surface area contributed by atoms with Gasteiger partial charge in [-0.15, -0.1) is 0 Å². The van der Waals surface area contributed by atoms with Crippen LogP contribution in [0.1, 0.15) is 201 Å². The van der Waals surface area contributed by atoms with Crippen molar-refractivity contribution in [2.45, 2.75) is 207 Å². The van der Waals surface area contributed by atoms with Crippen molar-refractivity contribution in [3.8, 4) is 0 Å². The average Bonchev–Trinajstić information content (AvgIpc) is 3.14. The van der Waals surface area contributed by atoms with Crippen LogP contribution in [-0.4, -0.2) is 57.0 Å². The summed E-state index contributed by atoms with van der Waals surface area (Å²) in [6, 6.07) is 0. The molecule has 0 aliphatic rings. The predicted molar refractivity (Wildman–Crippen MR) is 218 cm³/mol. The zero-order valence-corrected chi connectivity index (χ0v) is 34.2. The number of esters is 2. The van der Waals surface area contributed by atoms with Gasteiger partial charge in [0.1, 0.15) is 13.2 Å². The largest absolute Gasteiger partial charge is 0.462 e. The minimum absolute atomic E-state index is 0.118. The van der Waals surface area contributed by atoms with E-state index in [1.165, 1.54) is 109 Å². The Hall–Kier alpha value is -2.35. The van der Waals surface area contributed by atoms with Crippen LogP contribution in [0.2, 0.25) is 0 Å². The van der Waals surface area contributed by atoms with E-state index in [-0.39, 0.29) is 25.2 Å². The third-order valence-corrected chi connectivity index (χ3v) is 9.24. The molecular formula is C44H82N2O6. The topological polar surface area (TPSA) is 103 Å². The Bertz CT molecular complexity index is 862. The van der Waals surface area contributed by atoms with Crippen LogP contribution < -0.4 is 10.6 Å². The minimum Gasteiger partial charge on any atom is -0.462 e. The molecule has 0 radical (unpaired) electrons. The lowest BCUT2D eigenvalue weighted by Crippen LogP contribution is -2.36. The fourth-order valence-corrected chi connectivity index (χ4v) is 5.95. The highest BCUT2D eigenvalue weighted by Gasteiger charge is 2.19. The summed E-state index contributed by atoms with van der Waals surface area (Å²) in [6.45, 7) is 8.10. The third kappa shape index (κ3) is 38.9. The van der Waals surface area contributed by atoms with Gasteiger partial charge in [-0.25, -0.2) is 4.79 Å². The predicted octanol–water partition coefficient (Wildman–Crippen LogP) is 11.9. The van der Waals surface area contributed by atoms with Gasteiger partial charge in [0.25, 0.3) is 0 Å². The van der Waals surface area contributed by atoms with Gasteiger partial charge < -0.3 is 24.8 Å². The molecule has 1 amide bonds. The molecule has 304 valence electrons. The first-order valence-electron chi connectivity index (χ1n) is 21.8. The van der Waals surface area contributed by atoms with Crippen LogP contribution in [0.4, 0.5) is 4.79 Å². The van der Waals surface area contributed by atoms with Gasteiger partial charge in [-0.3, -0.25) is 9.59 Å². The van der Waals surface area contributed by atoms with E-state index in [0.29, 0.717) is 25.9 Å². The van der Waals surface area contributed by atoms with E-state index in [2.05, 4.69) is 48.8 Å². The molecule has 0 aliphatic carbocycles. The van der Waals surface area contributed by atoms with Gasteiger partial charge in [-0.2, -0.15) is 0 Å². The van der Waals surface area contributed by atoms with E-state index in [1.54, 1.807) is 0 Å². The molecule has 0 aromatic rings. The summed E-state index contributed by atoms with van der Waals surface area (Å²) in [6.07, 6.45) is 39.6. The molecule has 52 heavy (non-hydrogen) atoms. The normalized spacial score (nSPS) is 12.1. The lowest BCUT2D eigenvalue weighted by atomic mass is 10.1. The van der Waals surface area contributed by atoms with Crippen LogP contribution in [0.25, 0.3) is 0 Å². The monoisotopic (exact) mass is 735 g/mol. The molecule has 1 unspecified atom stereocenters. The number of allylic oxidation sites excluding steroid dienone is 4. The van der Waals surface area contributed by atoms with E-state index in [1.807, 2.05) is 6.92 Å². The number of unbranched alkanes of at least 4 members (excludes halogenated alkanes) is 22. The average molecular weight is 735 g/mol. The molecule has 0 spiro atoms. The first-order chi connectivity index (χ1) is 25.5. The molecule has 0 rings (SSSR count). The van der Waals surface area contributed by atoms with Gasteiger partial charge in [-0.05, 0) is 70.8 Å². The minimum atomic E-state index is -0.826. The standard InChI is InChI=1S/C44H82N2O6/c1-4-7-9-11-13-15-17-19-21-23-25-27-29-31-33-35-42(47)50-39-41(40-51-44(49)46-38-37-45-6-3)52-43(48)36-34-32-30-28-26-24-22-20-18-16-14-12-10-8-5-2/h19-22,41,45H,4-18,23-40H2,1-3H3,(H,46,49)/b21-19-,22-20-. The fourth-order valence-electron chi connectivity index (χ4n) is 5.95. The summed E-state index contributed by atoms with van der Waals surface area (Å²) in [5.41, 5.74) is 0. The van der Waals surface area contributed by atoms with E-state index < -0.39 is 12.2 Å². The second kappa shape index (κ2) is 41.4. The van der Waals surface area contributed by atoms with Crippen LogP contribution >= 0.6 is 0 Å². The summed E-state index contributed by atoms with van der Waals surface area (Å²) in [5.74, 6) is -0.668. The number of amides is 1. The molecule has 0 heterocycles. The van der Waals surface area contributed by atoms with Crippen molar-refractivity contribution in [3.05, 3.63) is 24.3 Å². The highest BCUT2D eigenvalue weighted by atomic mass is 16.6. The quantitative estimate of drug-likeness (QED) is 0.0280. The maximum Gasteiger partial charge on any atom is 0.407 e. The van der Waals surface area contributed by atoms with E-state index in [0.717, 1.165) is 64.3 Å². The Kier molecular flexibility index (Phi) is 39.5. The maximum absolute atomic E-state index is 12.6. The van der Waals surface area contributed by atoms with Crippen LogP contribution in [0.15, 0.2) is 24.3 Å². The molecule has 0 aromatic heterocycles. The molecule has 0 aromatic carbocycles. The summed E-state index contributed by atoms with van der Waals surface area (Å²) in [7, 11) is 0. The van der Waals surface area contributed by atoms with Crippen LogP contribution in [-0.2, 0) is 23.8 Å². The van der Waals surface area contributed by atoms with Crippen LogP contribution in [0.5, 0.6) is 0 Å². The smallest absolute Gasteiger partial charge is 0.407 e. The number of carbonyl (C=O) groups excluding carboxylic acids is 3. The SMILES string of the molecule is CCCCCCCC/C=C\CCCCCCCC(=O)OCC(COC(=O)NCCNCC)OC(=O)CCCCCCC/C=C\CCCCCCCC. The Morgan fingerprint density at radius 3 is 1.35 bits per heavy atom. The summed E-state index contributed by atoms with van der Waals surface area (Å²) >= 11 is 0. The number of hydrogen-bond donors (Lipinski definition) is 2. The van der Waals surface area contributed by atoms with Crippen molar-refractivity contribution < 1.29 is 28.6 Å². The zero-order valence-electron chi connectivity index (χ0n) is 34.2. The third-order valence-electron chi connectivity index (χ3n) is 9.24. The van der Waals surface area contributed by atoms with Gasteiger partial charge in [-0.1, -0.05) is 148 Å². The van der Waals surface area contributed by atoms with E-state index in [4.69, 9.17) is 14.2 Å². The molecule has 1 atom stereocenters. The molecule has 0 bridgehead atoms. The molecule has 0 aliphatic heterocycles. The summed E-state index contributed by atoms with van der Waals surface area (Å²) in [5, 5.41) is 5.79. The first-order valence-corrected chi connectivity index (χ1v) is 21.8. The lowest BCUT2D eigenvalue weighted by molar-refractivity contribution is -0.161. The van der Waals surface area contributed by atoms with Crippen molar-refractivity contribution in [2.75, 3.05) is 32.8 Å². The molecule has 8 nitrogen and oxygen atoms in total. The first kappa shape index (κ1) is 49.6. The number of alkyl carbamates (subject to hydrolysis) is 1. The second-order valence-electron chi connectivity index (χ2n) is 14.3. The highest BCUT2D eigenvalue weighted by Crippen LogP contribution is 2.13. The molecule has 0 saturated carbocycles. The highest BCUT2D eigenvalue weighted by molar-refractivity contribution is 5.70. The lowest BCUT2D eigenvalue weighted by Gasteiger charge is -2.18. The van der Waals surface area contributed by atoms with Crippen LogP contribution in [0, 0.1) is 0 Å². The molecule has 2 N–H and O–H groups in total. The number of rotatable bonds is 39. The number of ether oxygens (including phenoxy) is 3.